The summed E-state index contributed by atoms with van der Waals surface area (Å²) >= 11 is 5.24. The van der Waals surface area contributed by atoms with Crippen molar-refractivity contribution in [2.24, 2.45) is 0 Å². The minimum Gasteiger partial charge on any atom is -0.489 e. The fourth-order valence-corrected chi connectivity index (χ4v) is 3.78. The molecule has 8 heteroatoms. The van der Waals surface area contributed by atoms with Crippen LogP contribution in [0.25, 0.3) is 0 Å². The molecule has 0 bridgehead atoms. The third kappa shape index (κ3) is 5.12. The standard InChI is InChI=1S/C24H23N3O4S/c28-21(14-27-22(29)19-11-4-5-12-20(19)23(27)30)26-24(32)25-17-9-6-10-18(13-17)31-15-16-7-2-1-3-8-16/h1-13,22-23,29-30H,14-15H2,(H2,25,26,28,32). The Labute approximate surface area is 191 Å². The maximum atomic E-state index is 12.4. The Bertz CT molecular complexity index is 1080. The van der Waals surface area contributed by atoms with Crippen molar-refractivity contribution in [2.75, 3.05) is 11.9 Å². The second kappa shape index (κ2) is 9.88. The summed E-state index contributed by atoms with van der Waals surface area (Å²) < 4.78 is 5.81. The molecule has 4 rings (SSSR count). The molecule has 0 radical (unpaired) electrons. The van der Waals surface area contributed by atoms with Gasteiger partial charge in [0.2, 0.25) is 5.91 Å². The number of amides is 1. The Kier molecular flexibility index (Phi) is 6.77. The summed E-state index contributed by atoms with van der Waals surface area (Å²) in [7, 11) is 0. The van der Waals surface area contributed by atoms with Gasteiger partial charge in [0.15, 0.2) is 5.11 Å². The van der Waals surface area contributed by atoms with Crippen molar-refractivity contribution in [3.05, 3.63) is 95.6 Å². The predicted octanol–water partition coefficient (Wildman–Crippen LogP) is 3.08. The van der Waals surface area contributed by atoms with Gasteiger partial charge in [0.05, 0.1) is 6.54 Å². The van der Waals surface area contributed by atoms with Gasteiger partial charge < -0.3 is 25.6 Å². The number of rotatable bonds is 6. The van der Waals surface area contributed by atoms with Crippen LogP contribution in [0, 0.1) is 0 Å². The largest absolute Gasteiger partial charge is 0.489 e. The average Bonchev–Trinajstić information content (AvgIpc) is 3.03. The molecule has 0 saturated heterocycles. The maximum absolute atomic E-state index is 12.4. The number of fused-ring (bicyclic) bond motifs is 1. The van der Waals surface area contributed by atoms with E-state index >= 15 is 0 Å². The number of carbonyl (C=O) groups excluding carboxylic acids is 1. The number of carbonyl (C=O) groups is 1. The molecule has 7 nitrogen and oxygen atoms in total. The highest BCUT2D eigenvalue weighted by molar-refractivity contribution is 7.80. The van der Waals surface area contributed by atoms with Crippen molar-refractivity contribution in [1.29, 1.82) is 0 Å². The zero-order valence-electron chi connectivity index (χ0n) is 17.1. The Balaban J connectivity index is 1.30. The number of ether oxygens (including phenoxy) is 1. The molecule has 1 aliphatic heterocycles. The van der Waals surface area contributed by atoms with Crippen LogP contribution >= 0.6 is 12.2 Å². The molecule has 0 spiro atoms. The van der Waals surface area contributed by atoms with Gasteiger partial charge in [-0.05, 0) is 29.9 Å². The fourth-order valence-electron chi connectivity index (χ4n) is 3.54. The van der Waals surface area contributed by atoms with Gasteiger partial charge in [0, 0.05) is 22.9 Å². The van der Waals surface area contributed by atoms with Gasteiger partial charge >= 0.3 is 0 Å². The SMILES string of the molecule is O=C(CN1C(O)c2ccccc2C1O)NC(=S)Nc1cccc(OCc2ccccc2)c1. The van der Waals surface area contributed by atoms with Crippen molar-refractivity contribution < 1.29 is 19.7 Å². The number of aliphatic hydroxyl groups is 2. The van der Waals surface area contributed by atoms with Gasteiger partial charge in [-0.2, -0.15) is 0 Å². The quantitative estimate of drug-likeness (QED) is 0.430. The maximum Gasteiger partial charge on any atom is 0.240 e. The number of aliphatic hydroxyl groups excluding tert-OH is 2. The number of benzene rings is 3. The number of anilines is 1. The van der Waals surface area contributed by atoms with E-state index in [0.717, 1.165) is 5.56 Å². The highest BCUT2D eigenvalue weighted by Crippen LogP contribution is 2.38. The van der Waals surface area contributed by atoms with Gasteiger partial charge in [-0.3, -0.25) is 4.79 Å². The summed E-state index contributed by atoms with van der Waals surface area (Å²) in [5, 5.41) is 26.5. The fraction of sp³-hybridized carbons (Fsp3) is 0.167. The lowest BCUT2D eigenvalue weighted by atomic mass is 10.1. The number of hydrogen-bond donors (Lipinski definition) is 4. The van der Waals surface area contributed by atoms with Crippen LogP contribution in [0.4, 0.5) is 5.69 Å². The Morgan fingerprint density at radius 3 is 2.28 bits per heavy atom. The van der Waals surface area contributed by atoms with E-state index in [2.05, 4.69) is 10.6 Å². The molecule has 0 saturated carbocycles. The first kappa shape index (κ1) is 21.9. The summed E-state index contributed by atoms with van der Waals surface area (Å²) in [6.45, 7) is 0.216. The van der Waals surface area contributed by atoms with E-state index in [4.69, 9.17) is 17.0 Å². The summed E-state index contributed by atoms with van der Waals surface area (Å²) in [6.07, 6.45) is -2.13. The second-order valence-corrected chi connectivity index (χ2v) is 7.76. The number of nitrogens with zero attached hydrogens (tertiary/aromatic N) is 1. The molecule has 1 aliphatic rings. The topological polar surface area (TPSA) is 94.1 Å². The number of thiocarbonyl (C=S) groups is 1. The van der Waals surface area contributed by atoms with E-state index < -0.39 is 18.4 Å². The van der Waals surface area contributed by atoms with Crippen LogP contribution < -0.4 is 15.4 Å². The Hall–Kier alpha value is -3.30. The molecule has 0 fully saturated rings. The number of hydrogen-bond acceptors (Lipinski definition) is 6. The zero-order valence-corrected chi connectivity index (χ0v) is 18.0. The van der Waals surface area contributed by atoms with Crippen LogP contribution in [-0.4, -0.2) is 32.7 Å². The third-order valence-corrected chi connectivity index (χ3v) is 5.30. The van der Waals surface area contributed by atoms with Crippen LogP contribution in [0.5, 0.6) is 5.75 Å². The summed E-state index contributed by atoms with van der Waals surface area (Å²) in [5.41, 5.74) is 2.89. The first-order valence-electron chi connectivity index (χ1n) is 10.1. The van der Waals surface area contributed by atoms with Gasteiger partial charge in [0.1, 0.15) is 24.8 Å². The van der Waals surface area contributed by atoms with E-state index in [1.165, 1.54) is 4.90 Å². The Morgan fingerprint density at radius 1 is 0.938 bits per heavy atom. The van der Waals surface area contributed by atoms with Gasteiger partial charge in [-0.25, -0.2) is 4.90 Å². The minimum absolute atomic E-state index is 0.107. The van der Waals surface area contributed by atoms with Crippen molar-refractivity contribution in [3.8, 4) is 5.75 Å². The van der Waals surface area contributed by atoms with Crippen LogP contribution in [0.15, 0.2) is 78.9 Å². The smallest absolute Gasteiger partial charge is 0.240 e. The highest BCUT2D eigenvalue weighted by atomic mass is 32.1. The Morgan fingerprint density at radius 2 is 1.59 bits per heavy atom. The molecule has 0 aromatic heterocycles. The van der Waals surface area contributed by atoms with Gasteiger partial charge in [0.25, 0.3) is 0 Å². The van der Waals surface area contributed by atoms with E-state index in [9.17, 15) is 15.0 Å². The molecule has 1 amide bonds. The lowest BCUT2D eigenvalue weighted by Crippen LogP contribution is -2.42. The second-order valence-electron chi connectivity index (χ2n) is 7.35. The van der Waals surface area contributed by atoms with Gasteiger partial charge in [-0.15, -0.1) is 0 Å². The first-order chi connectivity index (χ1) is 15.5. The normalized spacial score (nSPS) is 17.4. The lowest BCUT2D eigenvalue weighted by molar-refractivity contribution is -0.132. The first-order valence-corrected chi connectivity index (χ1v) is 10.5. The monoisotopic (exact) mass is 449 g/mol. The van der Waals surface area contributed by atoms with E-state index in [1.807, 2.05) is 42.5 Å². The van der Waals surface area contributed by atoms with E-state index in [-0.39, 0.29) is 11.7 Å². The summed E-state index contributed by atoms with van der Waals surface area (Å²) in [4.78, 5) is 13.7. The van der Waals surface area contributed by atoms with E-state index in [0.29, 0.717) is 29.2 Å². The van der Waals surface area contributed by atoms with Crippen molar-refractivity contribution >= 4 is 28.9 Å². The lowest BCUT2D eigenvalue weighted by Gasteiger charge is -2.23. The summed E-state index contributed by atoms with van der Waals surface area (Å²) in [6, 6.07) is 24.1. The van der Waals surface area contributed by atoms with Crippen molar-refractivity contribution in [3.63, 3.8) is 0 Å². The van der Waals surface area contributed by atoms with E-state index in [1.54, 1.807) is 36.4 Å². The molecule has 4 N–H and O–H groups in total. The molecular weight excluding hydrogens is 426 g/mol. The zero-order chi connectivity index (χ0) is 22.5. The van der Waals surface area contributed by atoms with Crippen LogP contribution in [0.2, 0.25) is 0 Å². The number of nitrogens with one attached hydrogen (secondary N) is 2. The molecule has 164 valence electrons. The minimum atomic E-state index is -1.06. The molecule has 1 heterocycles. The summed E-state index contributed by atoms with van der Waals surface area (Å²) in [5.74, 6) is 0.207. The van der Waals surface area contributed by atoms with Crippen LogP contribution in [0.1, 0.15) is 29.1 Å². The molecule has 3 aromatic rings. The molecular formula is C24H23N3O4S. The average molecular weight is 450 g/mol. The third-order valence-electron chi connectivity index (χ3n) is 5.10. The molecule has 0 aliphatic carbocycles. The van der Waals surface area contributed by atoms with Crippen molar-refractivity contribution in [2.45, 2.75) is 19.1 Å². The van der Waals surface area contributed by atoms with Crippen LogP contribution in [-0.2, 0) is 11.4 Å². The molecule has 2 unspecified atom stereocenters. The highest BCUT2D eigenvalue weighted by Gasteiger charge is 2.37. The molecule has 3 aromatic carbocycles. The predicted molar refractivity (Wildman–Crippen MR) is 125 cm³/mol. The molecule has 2 atom stereocenters. The van der Waals surface area contributed by atoms with Gasteiger partial charge in [-0.1, -0.05) is 60.7 Å². The van der Waals surface area contributed by atoms with Crippen LogP contribution in [0.3, 0.4) is 0 Å². The molecule has 32 heavy (non-hydrogen) atoms. The van der Waals surface area contributed by atoms with Crippen molar-refractivity contribution in [1.82, 2.24) is 10.2 Å².